The molecule has 1 aliphatic heterocycles. The second-order valence-electron chi connectivity index (χ2n) is 9.14. The van der Waals surface area contributed by atoms with Crippen molar-refractivity contribution in [2.45, 2.75) is 23.8 Å². The topological polar surface area (TPSA) is 114 Å². The Balaban J connectivity index is 1.16. The highest BCUT2D eigenvalue weighted by atomic mass is 19.3. The maximum atomic E-state index is 14.3. The molecule has 2 aromatic rings. The molecule has 1 saturated carbocycles. The van der Waals surface area contributed by atoms with Crippen LogP contribution in [0.1, 0.15) is 23.5 Å². The third kappa shape index (κ3) is 4.01. The average Bonchev–Trinajstić information content (AvgIpc) is 3.14. The molecule has 2 amide bonds. The first kappa shape index (κ1) is 23.2. The Morgan fingerprint density at radius 3 is 2.26 bits per heavy atom. The van der Waals surface area contributed by atoms with Gasteiger partial charge in [0.1, 0.15) is 12.5 Å². The average molecular weight is 486 g/mol. The van der Waals surface area contributed by atoms with Crippen molar-refractivity contribution < 1.29 is 37.7 Å². The summed E-state index contributed by atoms with van der Waals surface area (Å²) in [6, 6.07) is 15.6. The first-order valence-electron chi connectivity index (χ1n) is 11.3. The molecule has 0 spiro atoms. The van der Waals surface area contributed by atoms with Crippen LogP contribution in [0.15, 0.2) is 48.5 Å². The first-order chi connectivity index (χ1) is 16.7. The number of fused-ring (bicyclic) bond motifs is 3. The van der Waals surface area contributed by atoms with Crippen LogP contribution in [-0.4, -0.2) is 60.9 Å². The van der Waals surface area contributed by atoms with Gasteiger partial charge in [-0.3, -0.25) is 4.79 Å². The molecular formula is C25H24F2N2O6. The lowest BCUT2D eigenvalue weighted by molar-refractivity contribution is -0.148. The van der Waals surface area contributed by atoms with Gasteiger partial charge < -0.3 is 25.2 Å². The summed E-state index contributed by atoms with van der Waals surface area (Å²) >= 11 is 0. The van der Waals surface area contributed by atoms with Crippen LogP contribution in [0.5, 0.6) is 0 Å². The van der Waals surface area contributed by atoms with Crippen molar-refractivity contribution in [3.8, 4) is 11.1 Å². The number of benzene rings is 2. The van der Waals surface area contributed by atoms with Gasteiger partial charge in [-0.25, -0.2) is 18.4 Å². The molecule has 184 valence electrons. The molecule has 1 heterocycles. The zero-order valence-corrected chi connectivity index (χ0v) is 18.6. The third-order valence-corrected chi connectivity index (χ3v) is 7.09. The van der Waals surface area contributed by atoms with E-state index in [2.05, 4.69) is 10.6 Å². The van der Waals surface area contributed by atoms with E-state index >= 15 is 0 Å². The fourth-order valence-electron chi connectivity index (χ4n) is 5.04. The zero-order valence-electron chi connectivity index (χ0n) is 18.6. The smallest absolute Gasteiger partial charge is 0.407 e. The van der Waals surface area contributed by atoms with Gasteiger partial charge in [0.2, 0.25) is 5.91 Å². The SMILES string of the molecule is O=C(NC[C@H]1[C@@H](C(=O)NC2(C(=O)O)CCOC2)C1(F)F)OCC1c2ccccc2-c2ccccc21. The van der Waals surface area contributed by atoms with Gasteiger partial charge >= 0.3 is 12.1 Å². The van der Waals surface area contributed by atoms with E-state index in [1.54, 1.807) is 0 Å². The number of hydrogen-bond donors (Lipinski definition) is 3. The number of carboxylic acids is 1. The van der Waals surface area contributed by atoms with Gasteiger partial charge in [0, 0.05) is 25.5 Å². The summed E-state index contributed by atoms with van der Waals surface area (Å²) in [4.78, 5) is 36.2. The number of nitrogens with one attached hydrogen (secondary N) is 2. The molecule has 2 fully saturated rings. The molecule has 3 aliphatic rings. The number of rotatable bonds is 7. The number of ether oxygens (including phenoxy) is 2. The van der Waals surface area contributed by atoms with Crippen LogP contribution >= 0.6 is 0 Å². The lowest BCUT2D eigenvalue weighted by Gasteiger charge is -2.23. The van der Waals surface area contributed by atoms with Gasteiger partial charge in [-0.2, -0.15) is 0 Å². The summed E-state index contributed by atoms with van der Waals surface area (Å²) in [5.74, 6) is -9.11. The number of carbonyl (C=O) groups excluding carboxylic acids is 2. The quantitative estimate of drug-likeness (QED) is 0.555. The van der Waals surface area contributed by atoms with Gasteiger partial charge in [0.25, 0.3) is 5.92 Å². The minimum absolute atomic E-state index is 0.00493. The van der Waals surface area contributed by atoms with Gasteiger partial charge in [-0.1, -0.05) is 48.5 Å². The normalized spacial score (nSPS) is 25.9. The number of aliphatic carboxylic acids is 1. The van der Waals surface area contributed by atoms with Crippen LogP contribution in [0.3, 0.4) is 0 Å². The van der Waals surface area contributed by atoms with Crippen LogP contribution in [0.2, 0.25) is 0 Å². The number of carboxylic acid groups (broad SMARTS) is 1. The summed E-state index contributed by atoms with van der Waals surface area (Å²) < 4.78 is 39.0. The van der Waals surface area contributed by atoms with E-state index in [4.69, 9.17) is 9.47 Å². The number of hydrogen-bond acceptors (Lipinski definition) is 5. The molecule has 8 nitrogen and oxygen atoms in total. The van der Waals surface area contributed by atoms with Gasteiger partial charge in [-0.15, -0.1) is 0 Å². The molecular weight excluding hydrogens is 462 g/mol. The summed E-state index contributed by atoms with van der Waals surface area (Å²) in [5.41, 5.74) is 2.47. The molecule has 1 saturated heterocycles. The van der Waals surface area contributed by atoms with Crippen molar-refractivity contribution in [1.82, 2.24) is 10.6 Å². The predicted octanol–water partition coefficient (Wildman–Crippen LogP) is 2.77. The Kier molecular flexibility index (Phi) is 5.71. The second-order valence-corrected chi connectivity index (χ2v) is 9.14. The number of amides is 2. The molecule has 2 aliphatic carbocycles. The summed E-state index contributed by atoms with van der Waals surface area (Å²) in [7, 11) is 0. The van der Waals surface area contributed by atoms with Crippen molar-refractivity contribution in [3.63, 3.8) is 0 Å². The minimum atomic E-state index is -3.36. The number of carbonyl (C=O) groups is 3. The van der Waals surface area contributed by atoms with Crippen LogP contribution < -0.4 is 10.6 Å². The molecule has 10 heteroatoms. The van der Waals surface area contributed by atoms with E-state index in [1.165, 1.54) is 0 Å². The highest BCUT2D eigenvalue weighted by Crippen LogP contribution is 2.55. The van der Waals surface area contributed by atoms with Crippen LogP contribution in [0, 0.1) is 11.8 Å². The molecule has 0 aromatic heterocycles. The molecule has 0 bridgehead atoms. The highest BCUT2D eigenvalue weighted by molar-refractivity contribution is 5.91. The molecule has 5 rings (SSSR count). The maximum Gasteiger partial charge on any atom is 0.407 e. The minimum Gasteiger partial charge on any atom is -0.479 e. The lowest BCUT2D eigenvalue weighted by Crippen LogP contribution is -2.56. The van der Waals surface area contributed by atoms with E-state index in [9.17, 15) is 28.3 Å². The van der Waals surface area contributed by atoms with E-state index in [0.717, 1.165) is 22.3 Å². The maximum absolute atomic E-state index is 14.3. The van der Waals surface area contributed by atoms with E-state index in [-0.39, 0.29) is 32.2 Å². The fourth-order valence-corrected chi connectivity index (χ4v) is 5.04. The first-order valence-corrected chi connectivity index (χ1v) is 11.3. The third-order valence-electron chi connectivity index (χ3n) is 7.09. The summed E-state index contributed by atoms with van der Waals surface area (Å²) in [6.07, 6.45) is -0.866. The molecule has 1 unspecified atom stereocenters. The van der Waals surface area contributed by atoms with Crippen molar-refractivity contribution in [1.29, 1.82) is 0 Å². The van der Waals surface area contributed by atoms with Crippen molar-refractivity contribution in [2.75, 3.05) is 26.4 Å². The van der Waals surface area contributed by atoms with Crippen molar-refractivity contribution in [2.24, 2.45) is 11.8 Å². The molecule has 3 atom stereocenters. The molecule has 2 aromatic carbocycles. The molecule has 3 N–H and O–H groups in total. The van der Waals surface area contributed by atoms with E-state index < -0.39 is 47.8 Å². The number of halogens is 2. The van der Waals surface area contributed by atoms with Crippen LogP contribution in [-0.2, 0) is 19.1 Å². The van der Waals surface area contributed by atoms with Crippen LogP contribution in [0.25, 0.3) is 11.1 Å². The Morgan fingerprint density at radius 1 is 1.06 bits per heavy atom. The highest BCUT2D eigenvalue weighted by Gasteiger charge is 2.72. The van der Waals surface area contributed by atoms with Crippen LogP contribution in [0.4, 0.5) is 13.6 Å². The van der Waals surface area contributed by atoms with Crippen molar-refractivity contribution >= 4 is 18.0 Å². The lowest BCUT2D eigenvalue weighted by atomic mass is 9.98. The Hall–Kier alpha value is -3.53. The summed E-state index contributed by atoms with van der Waals surface area (Å²) in [6.45, 7) is -0.611. The molecule has 35 heavy (non-hydrogen) atoms. The van der Waals surface area contributed by atoms with Gasteiger partial charge in [0.05, 0.1) is 12.5 Å². The largest absolute Gasteiger partial charge is 0.479 e. The van der Waals surface area contributed by atoms with E-state index in [1.807, 2.05) is 48.5 Å². The Morgan fingerprint density at radius 2 is 1.69 bits per heavy atom. The standard InChI is InChI=1S/C25H24F2N2O6/c26-25(27)19(20(25)21(30)29-24(22(31)32)9-10-34-13-24)11-28-23(33)35-12-18-16-7-3-1-5-14(16)15-6-2-4-8-17(15)18/h1-8,18-20H,9-13H2,(H,28,33)(H,29,30)(H,31,32)/t19-,20-,24?/m0/s1. The Bertz CT molecular complexity index is 1130. The molecule has 0 radical (unpaired) electrons. The van der Waals surface area contributed by atoms with Crippen molar-refractivity contribution in [3.05, 3.63) is 59.7 Å². The van der Waals surface area contributed by atoms with Gasteiger partial charge in [0.15, 0.2) is 5.54 Å². The predicted molar refractivity (Wildman–Crippen MR) is 119 cm³/mol. The fraction of sp³-hybridized carbons (Fsp3) is 0.400. The number of alkyl carbamates (subject to hydrolysis) is 1. The number of alkyl halides is 2. The second kappa shape index (κ2) is 8.60. The van der Waals surface area contributed by atoms with E-state index in [0.29, 0.717) is 0 Å². The Labute approximate surface area is 199 Å². The summed E-state index contributed by atoms with van der Waals surface area (Å²) in [5, 5.41) is 13.9. The zero-order chi connectivity index (χ0) is 24.8. The van der Waals surface area contributed by atoms with Gasteiger partial charge in [-0.05, 0) is 22.3 Å². The monoisotopic (exact) mass is 486 g/mol.